The van der Waals surface area contributed by atoms with E-state index in [9.17, 15) is 0 Å². The lowest BCUT2D eigenvalue weighted by molar-refractivity contribution is 0.181. The smallest absolute Gasteiger partial charge is 0.186 e. The Labute approximate surface area is 134 Å². The van der Waals surface area contributed by atoms with E-state index in [-0.39, 0.29) is 0 Å². The van der Waals surface area contributed by atoms with Crippen molar-refractivity contribution >= 4 is 27.8 Å². The Bertz CT molecular complexity index is 539. The minimum absolute atomic E-state index is 0.457. The number of methoxy groups -OCH3 is 1. The zero-order valence-corrected chi connectivity index (χ0v) is 14.6. The predicted octanol–water partition coefficient (Wildman–Crippen LogP) is 2.88. The van der Waals surface area contributed by atoms with E-state index in [0.717, 1.165) is 29.6 Å². The highest BCUT2D eigenvalue weighted by atomic mass is 32.1. The van der Waals surface area contributed by atoms with Crippen molar-refractivity contribution in [2.24, 2.45) is 0 Å². The molecule has 0 amide bonds. The standard InChI is InChI=1S/C14H22N4OS2/c1-10(2)15-5-13-12(7-19-4)17-14(21-13)18(3)6-11-8-20-9-16-11/h8-10,15H,5-7H2,1-4H3. The lowest BCUT2D eigenvalue weighted by Crippen LogP contribution is -2.21. The fourth-order valence-corrected chi connectivity index (χ4v) is 3.37. The quantitative estimate of drug-likeness (QED) is 0.808. The number of nitrogens with one attached hydrogen (secondary N) is 1. The van der Waals surface area contributed by atoms with Gasteiger partial charge in [0.25, 0.3) is 0 Å². The van der Waals surface area contributed by atoms with Gasteiger partial charge in [-0.15, -0.1) is 22.7 Å². The van der Waals surface area contributed by atoms with Crippen LogP contribution in [0, 0.1) is 0 Å². The van der Waals surface area contributed by atoms with Gasteiger partial charge in [-0.2, -0.15) is 0 Å². The lowest BCUT2D eigenvalue weighted by Gasteiger charge is -2.13. The topological polar surface area (TPSA) is 50.3 Å². The summed E-state index contributed by atoms with van der Waals surface area (Å²) in [4.78, 5) is 12.4. The van der Waals surface area contributed by atoms with Crippen LogP contribution in [0.15, 0.2) is 10.9 Å². The van der Waals surface area contributed by atoms with E-state index in [2.05, 4.69) is 41.5 Å². The molecular weight excluding hydrogens is 304 g/mol. The van der Waals surface area contributed by atoms with Crippen LogP contribution in [0.25, 0.3) is 0 Å². The van der Waals surface area contributed by atoms with Crippen LogP contribution < -0.4 is 10.2 Å². The Hall–Kier alpha value is -1.02. The molecular formula is C14H22N4OS2. The third kappa shape index (κ3) is 4.74. The molecule has 1 N–H and O–H groups in total. The number of ether oxygens (including phenoxy) is 1. The summed E-state index contributed by atoms with van der Waals surface area (Å²) >= 11 is 3.34. The normalized spacial score (nSPS) is 11.3. The first-order valence-electron chi connectivity index (χ1n) is 6.89. The molecule has 0 saturated carbocycles. The van der Waals surface area contributed by atoms with Gasteiger partial charge in [-0.3, -0.25) is 0 Å². The number of hydrogen-bond acceptors (Lipinski definition) is 7. The van der Waals surface area contributed by atoms with Crippen molar-refractivity contribution < 1.29 is 4.74 Å². The number of aromatic nitrogens is 2. The van der Waals surface area contributed by atoms with E-state index >= 15 is 0 Å². The second-order valence-electron chi connectivity index (χ2n) is 5.17. The minimum atomic E-state index is 0.457. The molecule has 0 unspecified atom stereocenters. The zero-order chi connectivity index (χ0) is 15.2. The zero-order valence-electron chi connectivity index (χ0n) is 12.9. The average Bonchev–Trinajstić information content (AvgIpc) is 3.06. The van der Waals surface area contributed by atoms with Gasteiger partial charge in [0.2, 0.25) is 0 Å². The Morgan fingerprint density at radius 1 is 1.43 bits per heavy atom. The second-order valence-corrected chi connectivity index (χ2v) is 6.95. The van der Waals surface area contributed by atoms with Gasteiger partial charge in [-0.05, 0) is 0 Å². The molecule has 0 aliphatic carbocycles. The van der Waals surface area contributed by atoms with Crippen LogP contribution in [0.4, 0.5) is 5.13 Å². The van der Waals surface area contributed by atoms with Crippen molar-refractivity contribution in [3.8, 4) is 0 Å². The fraction of sp³-hybridized carbons (Fsp3) is 0.571. The van der Waals surface area contributed by atoms with Gasteiger partial charge in [0.15, 0.2) is 5.13 Å². The molecule has 0 fully saturated rings. The first kappa shape index (κ1) is 16.4. The average molecular weight is 326 g/mol. The summed E-state index contributed by atoms with van der Waals surface area (Å²) in [5.41, 5.74) is 3.96. The van der Waals surface area contributed by atoms with Gasteiger partial charge < -0.3 is 15.0 Å². The SMILES string of the molecule is COCc1nc(N(C)Cc2cscn2)sc1CNC(C)C. The maximum Gasteiger partial charge on any atom is 0.186 e. The molecule has 2 aromatic rings. The summed E-state index contributed by atoms with van der Waals surface area (Å²) in [6.07, 6.45) is 0. The highest BCUT2D eigenvalue weighted by Gasteiger charge is 2.15. The van der Waals surface area contributed by atoms with Crippen LogP contribution in [0.1, 0.15) is 30.1 Å². The Balaban J connectivity index is 2.09. The summed E-state index contributed by atoms with van der Waals surface area (Å²) < 4.78 is 5.26. The monoisotopic (exact) mass is 326 g/mol. The molecule has 0 atom stereocenters. The Morgan fingerprint density at radius 2 is 2.24 bits per heavy atom. The molecule has 0 spiro atoms. The van der Waals surface area contributed by atoms with Crippen LogP contribution in [-0.4, -0.2) is 30.2 Å². The fourth-order valence-electron chi connectivity index (χ4n) is 1.84. The van der Waals surface area contributed by atoms with Crippen LogP contribution in [0.2, 0.25) is 0 Å². The van der Waals surface area contributed by atoms with Crippen molar-refractivity contribution in [1.29, 1.82) is 0 Å². The summed E-state index contributed by atoms with van der Waals surface area (Å²) in [5.74, 6) is 0. The highest BCUT2D eigenvalue weighted by molar-refractivity contribution is 7.15. The Kier molecular flexibility index (Phi) is 6.10. The number of hydrogen-bond donors (Lipinski definition) is 1. The van der Waals surface area contributed by atoms with Gasteiger partial charge in [0.1, 0.15) is 0 Å². The van der Waals surface area contributed by atoms with E-state index in [1.165, 1.54) is 4.88 Å². The van der Waals surface area contributed by atoms with Crippen molar-refractivity contribution in [3.63, 3.8) is 0 Å². The van der Waals surface area contributed by atoms with E-state index in [1.807, 2.05) is 5.51 Å². The van der Waals surface area contributed by atoms with E-state index in [1.54, 1.807) is 29.8 Å². The van der Waals surface area contributed by atoms with E-state index in [4.69, 9.17) is 9.72 Å². The number of nitrogens with zero attached hydrogens (tertiary/aromatic N) is 3. The molecule has 116 valence electrons. The van der Waals surface area contributed by atoms with Crippen molar-refractivity contribution in [3.05, 3.63) is 27.2 Å². The first-order valence-corrected chi connectivity index (χ1v) is 8.65. The summed E-state index contributed by atoms with van der Waals surface area (Å²) in [5, 5.41) is 6.52. The first-order chi connectivity index (χ1) is 10.1. The maximum atomic E-state index is 5.26. The molecule has 21 heavy (non-hydrogen) atoms. The minimum Gasteiger partial charge on any atom is -0.378 e. The van der Waals surface area contributed by atoms with Crippen LogP contribution in [0.3, 0.4) is 0 Å². The molecule has 0 aromatic carbocycles. The van der Waals surface area contributed by atoms with Crippen LogP contribution >= 0.6 is 22.7 Å². The van der Waals surface area contributed by atoms with Crippen molar-refractivity contribution in [1.82, 2.24) is 15.3 Å². The van der Waals surface area contributed by atoms with Gasteiger partial charge in [0.05, 0.1) is 30.1 Å². The molecule has 5 nitrogen and oxygen atoms in total. The number of anilines is 1. The molecule has 0 aliphatic rings. The summed E-state index contributed by atoms with van der Waals surface area (Å²) in [7, 11) is 3.76. The lowest BCUT2D eigenvalue weighted by atomic mass is 10.3. The van der Waals surface area contributed by atoms with E-state index < -0.39 is 0 Å². The van der Waals surface area contributed by atoms with Crippen molar-refractivity contribution in [2.75, 3.05) is 19.1 Å². The molecule has 2 rings (SSSR count). The number of rotatable bonds is 8. The maximum absolute atomic E-state index is 5.26. The predicted molar refractivity (Wildman–Crippen MR) is 89.0 cm³/mol. The molecule has 0 radical (unpaired) electrons. The Morgan fingerprint density at radius 3 is 2.86 bits per heavy atom. The van der Waals surface area contributed by atoms with Gasteiger partial charge in [-0.25, -0.2) is 9.97 Å². The molecule has 0 saturated heterocycles. The second kappa shape index (κ2) is 7.84. The van der Waals surface area contributed by atoms with E-state index in [0.29, 0.717) is 12.6 Å². The summed E-state index contributed by atoms with van der Waals surface area (Å²) in [6, 6.07) is 0.457. The molecule has 2 heterocycles. The highest BCUT2D eigenvalue weighted by Crippen LogP contribution is 2.27. The summed E-state index contributed by atoms with van der Waals surface area (Å²) in [6.45, 7) is 6.45. The van der Waals surface area contributed by atoms with Gasteiger partial charge in [0, 0.05) is 37.0 Å². The molecule has 7 heteroatoms. The molecule has 2 aromatic heterocycles. The number of thiazole rings is 2. The van der Waals surface area contributed by atoms with Gasteiger partial charge >= 0.3 is 0 Å². The van der Waals surface area contributed by atoms with Gasteiger partial charge in [-0.1, -0.05) is 13.8 Å². The third-order valence-corrected chi connectivity index (χ3v) is 4.78. The van der Waals surface area contributed by atoms with Crippen LogP contribution in [0.5, 0.6) is 0 Å². The molecule has 0 aliphatic heterocycles. The van der Waals surface area contributed by atoms with Crippen LogP contribution in [-0.2, 0) is 24.4 Å². The third-order valence-electron chi connectivity index (χ3n) is 2.93. The largest absolute Gasteiger partial charge is 0.378 e. The molecule has 0 bridgehead atoms. The van der Waals surface area contributed by atoms with Crippen molar-refractivity contribution in [2.45, 2.75) is 39.6 Å².